The Morgan fingerprint density at radius 1 is 2.00 bits per heavy atom. The van der Waals surface area contributed by atoms with Gasteiger partial charge in [-0.2, -0.15) is 0 Å². The van der Waals surface area contributed by atoms with Crippen LogP contribution in [0.15, 0.2) is 22.7 Å². The first-order chi connectivity index (χ1) is 7.97. The number of hydrogen-bond acceptors (Lipinski definition) is 2. The highest BCUT2D eigenvalue weighted by Crippen LogP contribution is 2.11. The summed E-state index contributed by atoms with van der Waals surface area (Å²) in [6.07, 6.45) is -0.438. The fourth-order valence-electron chi connectivity index (χ4n) is 0.361. The first kappa shape index (κ1) is 2.21. The molecule has 54 valence electrons. The van der Waals surface area contributed by atoms with Crippen molar-refractivity contribution in [3.8, 4) is 5.88 Å². The van der Waals surface area contributed by atoms with Crippen LogP contribution in [0.25, 0.3) is 0 Å². The Hall–Kier alpha value is -0.570. The number of hydrogen-bond donors (Lipinski definition) is 0. The maximum absolute atomic E-state index is 7.48. The smallest absolute Gasteiger partial charge is 0.213 e. The van der Waals surface area contributed by atoms with Crippen LogP contribution >= 0.6 is 15.9 Å². The fourth-order valence-corrected chi connectivity index (χ4v) is 0.549. The summed E-state index contributed by atoms with van der Waals surface area (Å²) in [6.45, 7) is -6.12. The summed E-state index contributed by atoms with van der Waals surface area (Å²) >= 11 is 2.87. The molecule has 1 heterocycles. The summed E-state index contributed by atoms with van der Waals surface area (Å²) in [5, 5.41) is 0. The van der Waals surface area contributed by atoms with Gasteiger partial charge in [-0.1, -0.05) is 0 Å². The molecule has 0 atom stereocenters. The minimum Gasteiger partial charge on any atom is -0.478 e. The van der Waals surface area contributed by atoms with Gasteiger partial charge >= 0.3 is 0 Å². The molecule has 0 amide bonds. The van der Waals surface area contributed by atoms with Crippen LogP contribution < -0.4 is 4.74 Å². The van der Waals surface area contributed by atoms with E-state index in [1.165, 1.54) is 0 Å². The molecule has 0 radical (unpaired) electrons. The van der Waals surface area contributed by atoms with Crippen molar-refractivity contribution in [1.29, 1.82) is 0 Å². The van der Waals surface area contributed by atoms with E-state index in [9.17, 15) is 0 Å². The standard InChI is InChI=1S/C7H8BrNO/c1-2-10-7-4-3-6(8)5-9-7/h3-5H,2H2,1H3/i1D3,2D2,3D,4D,5D. The zero-order chi connectivity index (χ0) is 14.3. The number of nitrogens with zero attached hydrogens (tertiary/aromatic N) is 1. The molecular formula is C7H8BrNO. The third-order valence-corrected chi connectivity index (χ3v) is 1.06. The van der Waals surface area contributed by atoms with Gasteiger partial charge in [-0.05, 0) is 28.8 Å². The van der Waals surface area contributed by atoms with Gasteiger partial charge in [0.05, 0.1) is 13.4 Å². The summed E-state index contributed by atoms with van der Waals surface area (Å²) in [4.78, 5) is 3.43. The lowest BCUT2D eigenvalue weighted by Crippen LogP contribution is -1.92. The van der Waals surface area contributed by atoms with E-state index in [0.717, 1.165) is 0 Å². The SMILES string of the molecule is [2H]c1nc(OC([2H])([2H])C([2H])([2H])[2H])c([2H])c([2H])c1Br. The van der Waals surface area contributed by atoms with E-state index in [4.69, 9.17) is 11.0 Å². The zero-order valence-corrected chi connectivity index (χ0v) is 6.32. The van der Waals surface area contributed by atoms with Crippen molar-refractivity contribution in [2.45, 2.75) is 6.85 Å². The predicted molar refractivity (Wildman–Crippen MR) is 43.1 cm³/mol. The van der Waals surface area contributed by atoms with Gasteiger partial charge in [0, 0.05) is 20.8 Å². The third kappa shape index (κ3) is 1.99. The van der Waals surface area contributed by atoms with Crippen LogP contribution in [0, 0.1) is 0 Å². The Morgan fingerprint density at radius 3 is 3.70 bits per heavy atom. The van der Waals surface area contributed by atoms with Crippen LogP contribution in [0.4, 0.5) is 0 Å². The lowest BCUT2D eigenvalue weighted by Gasteiger charge is -1.99. The van der Waals surface area contributed by atoms with Crippen LogP contribution in [0.2, 0.25) is 0 Å². The predicted octanol–water partition coefficient (Wildman–Crippen LogP) is 2.24. The Balaban J connectivity index is 3.22. The Morgan fingerprint density at radius 2 is 2.90 bits per heavy atom. The molecule has 0 aromatic carbocycles. The molecule has 0 aliphatic carbocycles. The van der Waals surface area contributed by atoms with Crippen molar-refractivity contribution < 1.29 is 15.7 Å². The Labute approximate surface area is 79.6 Å². The molecule has 0 aliphatic heterocycles. The summed E-state index contributed by atoms with van der Waals surface area (Å²) in [7, 11) is 0. The van der Waals surface area contributed by atoms with Gasteiger partial charge in [-0.25, -0.2) is 4.98 Å². The highest BCUT2D eigenvalue weighted by Gasteiger charge is 1.90. The van der Waals surface area contributed by atoms with Crippen molar-refractivity contribution in [3.05, 3.63) is 22.7 Å². The molecule has 0 aliphatic rings. The average molecular weight is 210 g/mol. The van der Waals surface area contributed by atoms with Crippen LogP contribution in [0.3, 0.4) is 0 Å². The van der Waals surface area contributed by atoms with Crippen molar-refractivity contribution in [1.82, 2.24) is 4.98 Å². The molecule has 1 aromatic heterocycles. The van der Waals surface area contributed by atoms with Crippen molar-refractivity contribution in [2.75, 3.05) is 6.56 Å². The van der Waals surface area contributed by atoms with Gasteiger partial charge in [0.25, 0.3) is 0 Å². The molecule has 10 heavy (non-hydrogen) atoms. The highest BCUT2D eigenvalue weighted by molar-refractivity contribution is 9.10. The minimum absolute atomic E-state index is 0.0469. The van der Waals surface area contributed by atoms with E-state index in [0.29, 0.717) is 0 Å². The van der Waals surface area contributed by atoms with E-state index in [1.54, 1.807) is 0 Å². The molecule has 0 saturated carbocycles. The van der Waals surface area contributed by atoms with Crippen molar-refractivity contribution in [2.24, 2.45) is 0 Å². The monoisotopic (exact) mass is 209 g/mol. The first-order valence-corrected chi connectivity index (χ1v) is 3.09. The lowest BCUT2D eigenvalue weighted by atomic mass is 10.5. The van der Waals surface area contributed by atoms with Gasteiger partial charge < -0.3 is 4.74 Å². The zero-order valence-electron chi connectivity index (χ0n) is 12.7. The van der Waals surface area contributed by atoms with Crippen molar-refractivity contribution in [3.63, 3.8) is 0 Å². The number of rotatable bonds is 2. The quantitative estimate of drug-likeness (QED) is 0.746. The molecule has 0 bridgehead atoms. The molecule has 0 fully saturated rings. The van der Waals surface area contributed by atoms with Crippen molar-refractivity contribution >= 4 is 15.9 Å². The second-order valence-electron chi connectivity index (χ2n) is 1.30. The molecule has 0 unspecified atom stereocenters. The van der Waals surface area contributed by atoms with Crippen LogP contribution in [0.5, 0.6) is 5.88 Å². The van der Waals surface area contributed by atoms with Gasteiger partial charge in [0.15, 0.2) is 0 Å². The third-order valence-electron chi connectivity index (χ3n) is 0.682. The molecule has 0 N–H and O–H groups in total. The molecule has 1 rings (SSSR count). The van der Waals surface area contributed by atoms with Gasteiger partial charge in [-0.15, -0.1) is 0 Å². The van der Waals surface area contributed by atoms with Crippen LogP contribution in [-0.2, 0) is 0 Å². The van der Waals surface area contributed by atoms with E-state index >= 15 is 0 Å². The summed E-state index contributed by atoms with van der Waals surface area (Å²) in [5.41, 5.74) is 0. The van der Waals surface area contributed by atoms with E-state index < -0.39 is 37.5 Å². The molecule has 0 spiro atoms. The largest absolute Gasteiger partial charge is 0.478 e. The number of pyridine rings is 1. The number of ether oxygens (including phenoxy) is 1. The number of halogens is 1. The molecule has 3 heteroatoms. The average Bonchev–Trinajstić information content (AvgIpc) is 2.21. The van der Waals surface area contributed by atoms with Gasteiger partial charge in [0.2, 0.25) is 5.88 Å². The Kier molecular flexibility index (Phi) is 0.786. The Bertz CT molecular complexity index is 473. The molecule has 1 aromatic rings. The maximum atomic E-state index is 7.48. The van der Waals surface area contributed by atoms with Gasteiger partial charge in [0.1, 0.15) is 0 Å². The highest BCUT2D eigenvalue weighted by atomic mass is 79.9. The minimum atomic E-state index is -3.07. The number of aromatic nitrogens is 1. The summed E-state index contributed by atoms with van der Waals surface area (Å²) in [5.74, 6) is -0.700. The fraction of sp³-hybridized carbons (Fsp3) is 0.286. The second-order valence-corrected chi connectivity index (χ2v) is 2.09. The van der Waals surface area contributed by atoms with E-state index in [1.807, 2.05) is 0 Å². The van der Waals surface area contributed by atoms with Gasteiger partial charge in [-0.3, -0.25) is 0 Å². The maximum Gasteiger partial charge on any atom is 0.213 e. The molecule has 2 nitrogen and oxygen atoms in total. The second kappa shape index (κ2) is 3.56. The topological polar surface area (TPSA) is 22.1 Å². The first-order valence-electron chi connectivity index (χ1n) is 6.29. The lowest BCUT2D eigenvalue weighted by molar-refractivity contribution is 0.327. The molecule has 0 saturated heterocycles. The normalized spacial score (nSPS) is 23.7. The van der Waals surface area contributed by atoms with E-state index in [-0.39, 0.29) is 4.47 Å². The summed E-state index contributed by atoms with van der Waals surface area (Å²) < 4.78 is 62.1. The van der Waals surface area contributed by atoms with Crippen LogP contribution in [-0.4, -0.2) is 11.5 Å². The summed E-state index contributed by atoms with van der Waals surface area (Å²) in [6, 6.07) is -1.02. The van der Waals surface area contributed by atoms with E-state index in [2.05, 4.69) is 25.7 Å². The molecular weight excluding hydrogens is 194 g/mol. The van der Waals surface area contributed by atoms with Crippen LogP contribution in [0.1, 0.15) is 17.8 Å².